The highest BCUT2D eigenvalue weighted by Crippen LogP contribution is 2.45. The summed E-state index contributed by atoms with van der Waals surface area (Å²) < 4.78 is 13.0. The van der Waals surface area contributed by atoms with Gasteiger partial charge in [0.1, 0.15) is 12.4 Å². The van der Waals surface area contributed by atoms with Crippen molar-refractivity contribution in [2.24, 2.45) is 5.16 Å². The highest BCUT2D eigenvalue weighted by molar-refractivity contribution is 7.89. The second-order valence-electron chi connectivity index (χ2n) is 7.09. The molecule has 2 aromatic rings. The first-order chi connectivity index (χ1) is 14.0. The largest absolute Gasteiger partial charge is 0.391 e. The molecule has 1 aliphatic carbocycles. The van der Waals surface area contributed by atoms with Crippen molar-refractivity contribution in [2.45, 2.75) is 44.6 Å². The van der Waals surface area contributed by atoms with Crippen LogP contribution in [0.25, 0.3) is 0 Å². The van der Waals surface area contributed by atoms with E-state index in [1.807, 2.05) is 25.3 Å². The van der Waals surface area contributed by atoms with Crippen molar-refractivity contribution in [1.29, 1.82) is 0 Å². The zero-order valence-electron chi connectivity index (χ0n) is 16.3. The van der Waals surface area contributed by atoms with Crippen molar-refractivity contribution in [3.63, 3.8) is 0 Å². The van der Waals surface area contributed by atoms with Gasteiger partial charge in [-0.3, -0.25) is 4.98 Å². The number of allylic oxidation sites excluding steroid dienone is 2. The Balaban J connectivity index is 1.82. The molecule has 1 aromatic heterocycles. The third-order valence-electron chi connectivity index (χ3n) is 5.21. The third-order valence-corrected chi connectivity index (χ3v) is 6.20. The van der Waals surface area contributed by atoms with Crippen molar-refractivity contribution in [2.75, 3.05) is 0 Å². The molecule has 29 heavy (non-hydrogen) atoms. The van der Waals surface area contributed by atoms with Crippen molar-refractivity contribution >= 4 is 40.4 Å². The van der Waals surface area contributed by atoms with Crippen molar-refractivity contribution in [1.82, 2.24) is 4.98 Å². The molecule has 0 amide bonds. The van der Waals surface area contributed by atoms with Gasteiger partial charge in [-0.15, -0.1) is 0 Å². The van der Waals surface area contributed by atoms with E-state index in [1.54, 1.807) is 24.5 Å². The van der Waals surface area contributed by atoms with Gasteiger partial charge in [-0.2, -0.15) is 0 Å². The first kappa shape index (κ1) is 21.4. The summed E-state index contributed by atoms with van der Waals surface area (Å²) >= 11 is 11.3. The summed E-state index contributed by atoms with van der Waals surface area (Å²) in [7, 11) is 0. The predicted octanol–water partition coefficient (Wildman–Crippen LogP) is 5.92. The molecule has 0 bridgehead atoms. The molecular weight excluding hydrogens is 403 g/mol. The number of thiocarbonyl (C=S) groups is 2. The zero-order valence-corrected chi connectivity index (χ0v) is 17.9. The van der Waals surface area contributed by atoms with Gasteiger partial charge in [0.2, 0.25) is 0 Å². The van der Waals surface area contributed by atoms with Gasteiger partial charge in [0.25, 0.3) is 0 Å². The Kier molecular flexibility index (Phi) is 7.34. The van der Waals surface area contributed by atoms with Crippen LogP contribution in [-0.4, -0.2) is 20.9 Å². The Labute approximate surface area is 181 Å². The van der Waals surface area contributed by atoms with Gasteiger partial charge in [-0.25, -0.2) is 4.39 Å². The van der Waals surface area contributed by atoms with Gasteiger partial charge in [0.15, 0.2) is 0 Å². The van der Waals surface area contributed by atoms with Crippen LogP contribution >= 0.6 is 24.4 Å². The quantitative estimate of drug-likeness (QED) is 0.313. The Morgan fingerprint density at radius 2 is 2.03 bits per heavy atom. The van der Waals surface area contributed by atoms with Crippen LogP contribution < -0.4 is 0 Å². The van der Waals surface area contributed by atoms with Gasteiger partial charge in [-0.1, -0.05) is 59.8 Å². The maximum atomic E-state index is 13.0. The van der Waals surface area contributed by atoms with Crippen LogP contribution in [0.15, 0.2) is 65.6 Å². The summed E-state index contributed by atoms with van der Waals surface area (Å²) in [6.45, 7) is 2.17. The summed E-state index contributed by atoms with van der Waals surface area (Å²) in [5, 5.41) is 4.06. The minimum absolute atomic E-state index is 0.268. The molecule has 1 aromatic carbocycles. The Morgan fingerprint density at radius 1 is 1.24 bits per heavy atom. The highest BCUT2D eigenvalue weighted by atomic mass is 32.1. The molecule has 0 aliphatic heterocycles. The predicted molar refractivity (Wildman–Crippen MR) is 123 cm³/mol. The summed E-state index contributed by atoms with van der Waals surface area (Å²) in [6, 6.07) is 10.2. The number of halogens is 1. The summed E-state index contributed by atoms with van der Waals surface area (Å²) in [5.41, 5.74) is 2.69. The number of oxime groups is 1. The van der Waals surface area contributed by atoms with E-state index in [2.05, 4.69) is 16.2 Å². The molecular formula is C23H23FN2OS2. The average Bonchev–Trinajstić information content (AvgIpc) is 2.75. The fourth-order valence-corrected chi connectivity index (χ4v) is 4.32. The van der Waals surface area contributed by atoms with Gasteiger partial charge in [-0.05, 0) is 61.6 Å². The first-order valence-electron chi connectivity index (χ1n) is 9.59. The minimum atomic E-state index is -0.420. The smallest absolute Gasteiger partial charge is 0.142 e. The second-order valence-corrected chi connectivity index (χ2v) is 8.11. The molecule has 0 radical (unpaired) electrons. The molecule has 1 heterocycles. The maximum absolute atomic E-state index is 13.0. The van der Waals surface area contributed by atoms with E-state index in [1.165, 1.54) is 17.7 Å². The van der Waals surface area contributed by atoms with E-state index in [4.69, 9.17) is 29.3 Å². The molecule has 1 unspecified atom stereocenters. The molecule has 150 valence electrons. The van der Waals surface area contributed by atoms with E-state index < -0.39 is 5.41 Å². The standard InChI is InChI=1S/C23H23FN2OS2/c1-17(28)22(29)23(20-6-4-13-25-15-20)12-3-2-5-19(23)11-14-26-27-16-18-7-9-21(24)10-8-18/h4,6-11,13-15H,2-3,5,12,16H2,1H3. The lowest BCUT2D eigenvalue weighted by atomic mass is 9.64. The zero-order chi connectivity index (χ0) is 20.7. The number of nitrogens with zero attached hydrogens (tertiary/aromatic N) is 2. The van der Waals surface area contributed by atoms with Crippen molar-refractivity contribution in [3.8, 4) is 0 Å². The minimum Gasteiger partial charge on any atom is -0.391 e. The fraction of sp³-hybridized carbons (Fsp3) is 0.304. The Bertz CT molecular complexity index is 926. The lowest BCUT2D eigenvalue weighted by molar-refractivity contribution is 0.132. The molecule has 0 N–H and O–H groups in total. The molecule has 0 saturated heterocycles. The number of hydrogen-bond acceptors (Lipinski definition) is 5. The van der Waals surface area contributed by atoms with Crippen molar-refractivity contribution < 1.29 is 9.23 Å². The second kappa shape index (κ2) is 9.94. The lowest BCUT2D eigenvalue weighted by Crippen LogP contribution is -2.42. The van der Waals surface area contributed by atoms with Gasteiger partial charge in [0.05, 0.1) is 11.6 Å². The van der Waals surface area contributed by atoms with Crippen LogP contribution in [0.4, 0.5) is 4.39 Å². The number of aromatic nitrogens is 1. The number of pyridine rings is 1. The van der Waals surface area contributed by atoms with E-state index in [0.717, 1.165) is 46.5 Å². The fourth-order valence-electron chi connectivity index (χ4n) is 3.80. The molecule has 3 rings (SSSR count). The monoisotopic (exact) mass is 426 g/mol. The molecule has 1 fully saturated rings. The summed E-state index contributed by atoms with van der Waals surface area (Å²) in [4.78, 5) is 11.2. The molecule has 1 saturated carbocycles. The van der Waals surface area contributed by atoms with E-state index >= 15 is 0 Å². The van der Waals surface area contributed by atoms with Gasteiger partial charge >= 0.3 is 0 Å². The SMILES string of the molecule is CC(=S)C(=S)C1(c2cccnc2)CCCCC1=CC=NOCc1ccc(F)cc1. The average molecular weight is 427 g/mol. The number of rotatable bonds is 7. The van der Waals surface area contributed by atoms with Crippen molar-refractivity contribution in [3.05, 3.63) is 77.4 Å². The van der Waals surface area contributed by atoms with E-state index in [9.17, 15) is 4.39 Å². The molecule has 1 aliphatic rings. The van der Waals surface area contributed by atoms with E-state index in [0.29, 0.717) is 0 Å². The molecule has 1 atom stereocenters. The summed E-state index contributed by atoms with van der Waals surface area (Å²) in [5.74, 6) is -0.268. The Morgan fingerprint density at radius 3 is 2.72 bits per heavy atom. The van der Waals surface area contributed by atoms with Crippen LogP contribution in [0.5, 0.6) is 0 Å². The van der Waals surface area contributed by atoms with Crippen LogP contribution in [0.3, 0.4) is 0 Å². The van der Waals surface area contributed by atoms with Crippen LogP contribution in [0, 0.1) is 5.82 Å². The van der Waals surface area contributed by atoms with Crippen LogP contribution in [0.1, 0.15) is 43.7 Å². The normalized spacial score (nSPS) is 20.7. The lowest BCUT2D eigenvalue weighted by Gasteiger charge is -2.40. The number of benzene rings is 1. The third kappa shape index (κ3) is 5.00. The number of hydrogen-bond donors (Lipinski definition) is 0. The topological polar surface area (TPSA) is 34.5 Å². The van der Waals surface area contributed by atoms with Gasteiger partial charge in [0, 0.05) is 22.1 Å². The molecule has 6 heteroatoms. The molecule has 3 nitrogen and oxygen atoms in total. The first-order valence-corrected chi connectivity index (χ1v) is 10.4. The molecule has 0 spiro atoms. The van der Waals surface area contributed by atoms with Gasteiger partial charge < -0.3 is 4.84 Å². The highest BCUT2D eigenvalue weighted by Gasteiger charge is 2.42. The summed E-state index contributed by atoms with van der Waals surface area (Å²) in [6.07, 6.45) is 11.3. The van der Waals surface area contributed by atoms with E-state index in [-0.39, 0.29) is 12.4 Å². The van der Waals surface area contributed by atoms with Crippen LogP contribution in [0.2, 0.25) is 0 Å². The Hall–Kier alpha value is -2.31. The maximum Gasteiger partial charge on any atom is 0.142 e. The van der Waals surface area contributed by atoms with Crippen LogP contribution in [-0.2, 0) is 16.9 Å².